The molecule has 13 heavy (non-hydrogen) atoms. The van der Waals surface area contributed by atoms with Crippen LogP contribution < -0.4 is 5.73 Å². The molecular formula is C12H15N. The zero-order valence-electron chi connectivity index (χ0n) is 8.39. The van der Waals surface area contributed by atoms with Crippen LogP contribution >= 0.6 is 0 Å². The molecule has 1 rings (SSSR count). The van der Waals surface area contributed by atoms with Crippen LogP contribution in [-0.4, -0.2) is 6.04 Å². The minimum atomic E-state index is -0.0548. The molecular weight excluding hydrogens is 158 g/mol. The van der Waals surface area contributed by atoms with E-state index in [1.807, 2.05) is 6.92 Å². The van der Waals surface area contributed by atoms with E-state index in [2.05, 4.69) is 43.9 Å². The topological polar surface area (TPSA) is 26.0 Å². The third-order valence-corrected chi connectivity index (χ3v) is 1.67. The molecule has 1 unspecified atom stereocenters. The minimum absolute atomic E-state index is 0.0548. The Morgan fingerprint density at radius 3 is 2.15 bits per heavy atom. The van der Waals surface area contributed by atoms with Gasteiger partial charge in [0.25, 0.3) is 0 Å². The number of hydrogen-bond acceptors (Lipinski definition) is 1. The van der Waals surface area contributed by atoms with Crippen LogP contribution in [0.2, 0.25) is 0 Å². The highest BCUT2D eigenvalue weighted by Crippen LogP contribution is 2.07. The van der Waals surface area contributed by atoms with Crippen molar-refractivity contribution in [2.45, 2.75) is 26.8 Å². The Kier molecular flexibility index (Phi) is 3.11. The van der Waals surface area contributed by atoms with Gasteiger partial charge in [0, 0.05) is 5.56 Å². The molecule has 68 valence electrons. The standard InChI is InChI=1S/C12H15N/c1-9-6-10(2)8-12(7-9)5-4-11(3)13/h6-8,11H,13H2,1-3H3. The quantitative estimate of drug-likeness (QED) is 0.597. The molecule has 0 aliphatic carbocycles. The van der Waals surface area contributed by atoms with Crippen LogP contribution in [0.25, 0.3) is 0 Å². The van der Waals surface area contributed by atoms with E-state index < -0.39 is 0 Å². The summed E-state index contributed by atoms with van der Waals surface area (Å²) in [5.74, 6) is 5.99. The lowest BCUT2D eigenvalue weighted by Crippen LogP contribution is -2.10. The smallest absolute Gasteiger partial charge is 0.0639 e. The van der Waals surface area contributed by atoms with Gasteiger partial charge in [-0.1, -0.05) is 17.9 Å². The molecule has 0 aliphatic heterocycles. The second-order valence-electron chi connectivity index (χ2n) is 3.43. The highest BCUT2D eigenvalue weighted by Gasteiger charge is 1.91. The first-order chi connectivity index (χ1) is 6.08. The zero-order valence-corrected chi connectivity index (χ0v) is 8.39. The lowest BCUT2D eigenvalue weighted by molar-refractivity contribution is 0.959. The molecule has 2 N–H and O–H groups in total. The molecule has 1 nitrogen and oxygen atoms in total. The van der Waals surface area contributed by atoms with Gasteiger partial charge in [-0.2, -0.15) is 0 Å². The van der Waals surface area contributed by atoms with Crippen molar-refractivity contribution in [1.82, 2.24) is 0 Å². The summed E-state index contributed by atoms with van der Waals surface area (Å²) in [7, 11) is 0. The molecule has 0 heterocycles. The number of benzene rings is 1. The van der Waals surface area contributed by atoms with E-state index in [9.17, 15) is 0 Å². The molecule has 0 bridgehead atoms. The molecule has 0 fully saturated rings. The maximum Gasteiger partial charge on any atom is 0.0639 e. The molecule has 0 saturated carbocycles. The lowest BCUT2D eigenvalue weighted by atomic mass is 10.1. The van der Waals surface area contributed by atoms with Crippen LogP contribution in [0.5, 0.6) is 0 Å². The Morgan fingerprint density at radius 1 is 1.15 bits per heavy atom. The second-order valence-corrected chi connectivity index (χ2v) is 3.43. The van der Waals surface area contributed by atoms with Crippen molar-refractivity contribution < 1.29 is 0 Å². The van der Waals surface area contributed by atoms with E-state index >= 15 is 0 Å². The fourth-order valence-corrected chi connectivity index (χ4v) is 1.24. The van der Waals surface area contributed by atoms with Gasteiger partial charge in [0.15, 0.2) is 0 Å². The van der Waals surface area contributed by atoms with Crippen LogP contribution in [0, 0.1) is 25.7 Å². The Labute approximate surface area is 80.0 Å². The van der Waals surface area contributed by atoms with Crippen molar-refractivity contribution in [3.8, 4) is 11.8 Å². The number of rotatable bonds is 0. The fraction of sp³-hybridized carbons (Fsp3) is 0.333. The predicted molar refractivity (Wildman–Crippen MR) is 56.4 cm³/mol. The van der Waals surface area contributed by atoms with Crippen LogP contribution in [0.1, 0.15) is 23.6 Å². The van der Waals surface area contributed by atoms with Gasteiger partial charge < -0.3 is 5.73 Å². The summed E-state index contributed by atoms with van der Waals surface area (Å²) in [4.78, 5) is 0. The Hall–Kier alpha value is -1.26. The maximum absolute atomic E-state index is 5.54. The van der Waals surface area contributed by atoms with Crippen molar-refractivity contribution in [2.24, 2.45) is 5.73 Å². The monoisotopic (exact) mass is 173 g/mol. The molecule has 0 aromatic heterocycles. The summed E-state index contributed by atoms with van der Waals surface area (Å²) in [6.45, 7) is 6.03. The van der Waals surface area contributed by atoms with Gasteiger partial charge in [-0.3, -0.25) is 0 Å². The minimum Gasteiger partial charge on any atom is -0.318 e. The zero-order chi connectivity index (χ0) is 9.84. The average molecular weight is 173 g/mol. The van der Waals surface area contributed by atoms with E-state index in [1.54, 1.807) is 0 Å². The van der Waals surface area contributed by atoms with Gasteiger partial charge >= 0.3 is 0 Å². The number of hydrogen-bond donors (Lipinski definition) is 1. The van der Waals surface area contributed by atoms with Crippen molar-refractivity contribution >= 4 is 0 Å². The lowest BCUT2D eigenvalue weighted by Gasteiger charge is -1.97. The van der Waals surface area contributed by atoms with Crippen LogP contribution in [0.15, 0.2) is 18.2 Å². The molecule has 1 aromatic carbocycles. The van der Waals surface area contributed by atoms with Gasteiger partial charge in [-0.15, -0.1) is 0 Å². The van der Waals surface area contributed by atoms with Crippen LogP contribution in [0.3, 0.4) is 0 Å². The van der Waals surface area contributed by atoms with Crippen molar-refractivity contribution in [3.63, 3.8) is 0 Å². The summed E-state index contributed by atoms with van der Waals surface area (Å²) in [6, 6.07) is 6.22. The molecule has 1 heteroatoms. The van der Waals surface area contributed by atoms with Gasteiger partial charge in [0.1, 0.15) is 0 Å². The molecule has 0 radical (unpaired) electrons. The maximum atomic E-state index is 5.54. The molecule has 1 atom stereocenters. The molecule has 0 spiro atoms. The third-order valence-electron chi connectivity index (χ3n) is 1.67. The summed E-state index contributed by atoms with van der Waals surface area (Å²) >= 11 is 0. The Morgan fingerprint density at radius 2 is 1.69 bits per heavy atom. The van der Waals surface area contributed by atoms with E-state index in [0.29, 0.717) is 0 Å². The van der Waals surface area contributed by atoms with Gasteiger partial charge in [0.05, 0.1) is 6.04 Å². The number of nitrogens with two attached hydrogens (primary N) is 1. The van der Waals surface area contributed by atoms with E-state index in [4.69, 9.17) is 5.73 Å². The first-order valence-electron chi connectivity index (χ1n) is 4.43. The molecule has 0 aliphatic rings. The summed E-state index contributed by atoms with van der Waals surface area (Å²) in [5, 5.41) is 0. The van der Waals surface area contributed by atoms with Gasteiger partial charge in [0.2, 0.25) is 0 Å². The van der Waals surface area contributed by atoms with Crippen molar-refractivity contribution in [1.29, 1.82) is 0 Å². The molecule has 0 saturated heterocycles. The molecule has 1 aromatic rings. The van der Waals surface area contributed by atoms with Gasteiger partial charge in [-0.25, -0.2) is 0 Å². The van der Waals surface area contributed by atoms with Crippen molar-refractivity contribution in [3.05, 3.63) is 34.9 Å². The normalized spacial score (nSPS) is 11.7. The summed E-state index contributed by atoms with van der Waals surface area (Å²) in [5.41, 5.74) is 9.08. The molecule has 0 amide bonds. The Balaban J connectivity index is 2.98. The van der Waals surface area contributed by atoms with Crippen LogP contribution in [0.4, 0.5) is 0 Å². The Bertz CT molecular complexity index is 333. The SMILES string of the molecule is Cc1cc(C)cc(C#CC(C)N)c1. The fourth-order valence-electron chi connectivity index (χ4n) is 1.24. The summed E-state index contributed by atoms with van der Waals surface area (Å²) < 4.78 is 0. The largest absolute Gasteiger partial charge is 0.318 e. The average Bonchev–Trinajstić information content (AvgIpc) is 1.99. The van der Waals surface area contributed by atoms with E-state index in [-0.39, 0.29) is 6.04 Å². The summed E-state index contributed by atoms with van der Waals surface area (Å²) in [6.07, 6.45) is 0. The first-order valence-corrected chi connectivity index (χ1v) is 4.43. The predicted octanol–water partition coefficient (Wildman–Crippen LogP) is 2.00. The first kappa shape index (κ1) is 9.83. The number of aryl methyl sites for hydroxylation is 2. The van der Waals surface area contributed by atoms with E-state index in [0.717, 1.165) is 5.56 Å². The highest BCUT2D eigenvalue weighted by molar-refractivity contribution is 5.40. The second kappa shape index (κ2) is 4.11. The third kappa shape index (κ3) is 3.31. The van der Waals surface area contributed by atoms with Gasteiger partial charge in [-0.05, 0) is 44.0 Å². The van der Waals surface area contributed by atoms with E-state index in [1.165, 1.54) is 11.1 Å². The highest BCUT2D eigenvalue weighted by atomic mass is 14.6. The van der Waals surface area contributed by atoms with Crippen molar-refractivity contribution in [2.75, 3.05) is 0 Å². The van der Waals surface area contributed by atoms with Crippen LogP contribution in [-0.2, 0) is 0 Å².